The molecule has 0 aliphatic rings. The normalized spacial score (nSPS) is 11.4. The summed E-state index contributed by atoms with van der Waals surface area (Å²) >= 11 is 6.10. The van der Waals surface area contributed by atoms with Crippen molar-refractivity contribution in [3.63, 3.8) is 0 Å². The highest BCUT2D eigenvalue weighted by molar-refractivity contribution is 6.31. The third-order valence-electron chi connectivity index (χ3n) is 3.34. The molecule has 7 heteroatoms. The van der Waals surface area contributed by atoms with Crippen LogP contribution in [0.25, 0.3) is 11.0 Å². The van der Waals surface area contributed by atoms with Gasteiger partial charge in [0, 0.05) is 18.1 Å². The Morgan fingerprint density at radius 3 is 2.90 bits per heavy atom. The van der Waals surface area contributed by atoms with Crippen LogP contribution in [0.15, 0.2) is 24.4 Å². The van der Waals surface area contributed by atoms with Gasteiger partial charge in [-0.05, 0) is 24.6 Å². The van der Waals surface area contributed by atoms with Crippen LogP contribution in [-0.4, -0.2) is 24.5 Å². The van der Waals surface area contributed by atoms with E-state index in [9.17, 15) is 0 Å². The lowest BCUT2D eigenvalue weighted by Gasteiger charge is -2.07. The monoisotopic (exact) mass is 304 g/mol. The smallest absolute Gasteiger partial charge is 0.131 e. The van der Waals surface area contributed by atoms with Gasteiger partial charge in [0.1, 0.15) is 12.4 Å². The number of rotatable bonds is 5. The first kappa shape index (κ1) is 14.0. The summed E-state index contributed by atoms with van der Waals surface area (Å²) in [5.74, 6) is 0.947. The van der Waals surface area contributed by atoms with Crippen LogP contribution in [0.2, 0.25) is 5.02 Å². The van der Waals surface area contributed by atoms with Crippen molar-refractivity contribution in [2.24, 2.45) is 5.73 Å². The Balaban J connectivity index is 2.02. The lowest BCUT2D eigenvalue weighted by atomic mass is 10.3. The van der Waals surface area contributed by atoms with Crippen molar-refractivity contribution in [2.45, 2.75) is 33.0 Å². The molecule has 0 spiro atoms. The van der Waals surface area contributed by atoms with E-state index in [0.717, 1.165) is 40.5 Å². The van der Waals surface area contributed by atoms with Crippen LogP contribution in [0, 0.1) is 0 Å². The first-order chi connectivity index (χ1) is 10.2. The van der Waals surface area contributed by atoms with Gasteiger partial charge in [-0.3, -0.25) is 0 Å². The van der Waals surface area contributed by atoms with Crippen molar-refractivity contribution in [1.29, 1.82) is 0 Å². The highest BCUT2D eigenvalue weighted by Crippen LogP contribution is 2.21. The number of aryl methyl sites for hydroxylation is 1. The van der Waals surface area contributed by atoms with Gasteiger partial charge in [-0.15, -0.1) is 5.10 Å². The summed E-state index contributed by atoms with van der Waals surface area (Å²) in [5.41, 5.74) is 8.34. The van der Waals surface area contributed by atoms with E-state index in [4.69, 9.17) is 17.3 Å². The SMILES string of the molecule is CCCn1c(Cn2cc(CN)nn2)nc2ccc(Cl)cc21. The molecular formula is C14H17ClN6. The molecule has 3 aromatic rings. The van der Waals surface area contributed by atoms with Crippen molar-refractivity contribution in [1.82, 2.24) is 24.5 Å². The fraction of sp³-hybridized carbons (Fsp3) is 0.357. The zero-order chi connectivity index (χ0) is 14.8. The molecule has 0 fully saturated rings. The molecule has 2 N–H and O–H groups in total. The second-order valence-electron chi connectivity index (χ2n) is 4.92. The van der Waals surface area contributed by atoms with E-state index < -0.39 is 0 Å². The molecule has 0 radical (unpaired) electrons. The third-order valence-corrected chi connectivity index (χ3v) is 3.57. The molecule has 2 heterocycles. The summed E-state index contributed by atoms with van der Waals surface area (Å²) in [6.07, 6.45) is 2.87. The maximum atomic E-state index is 6.10. The molecule has 0 saturated carbocycles. The summed E-state index contributed by atoms with van der Waals surface area (Å²) in [5, 5.41) is 8.80. The standard InChI is InChI=1S/C14H17ClN6/c1-2-5-21-13-6-10(15)3-4-12(13)17-14(21)9-20-8-11(7-16)18-19-20/h3-4,6,8H,2,5,7,9,16H2,1H3. The molecule has 3 rings (SSSR count). The number of hydrogen-bond donors (Lipinski definition) is 1. The van der Waals surface area contributed by atoms with Gasteiger partial charge in [0.25, 0.3) is 0 Å². The quantitative estimate of drug-likeness (QED) is 0.784. The number of nitrogens with zero attached hydrogens (tertiary/aromatic N) is 5. The number of hydrogen-bond acceptors (Lipinski definition) is 4. The predicted molar refractivity (Wildman–Crippen MR) is 82.0 cm³/mol. The zero-order valence-corrected chi connectivity index (χ0v) is 12.6. The van der Waals surface area contributed by atoms with Gasteiger partial charge in [0.2, 0.25) is 0 Å². The van der Waals surface area contributed by atoms with E-state index in [0.29, 0.717) is 13.1 Å². The topological polar surface area (TPSA) is 74.5 Å². The Morgan fingerprint density at radius 1 is 1.33 bits per heavy atom. The maximum Gasteiger partial charge on any atom is 0.131 e. The molecule has 0 unspecified atom stereocenters. The Morgan fingerprint density at radius 2 is 2.19 bits per heavy atom. The van der Waals surface area contributed by atoms with E-state index in [1.54, 1.807) is 4.68 Å². The number of nitrogens with two attached hydrogens (primary N) is 1. The molecule has 6 nitrogen and oxygen atoms in total. The van der Waals surface area contributed by atoms with Crippen molar-refractivity contribution in [3.05, 3.63) is 40.9 Å². The van der Waals surface area contributed by atoms with Crippen molar-refractivity contribution < 1.29 is 0 Å². The van der Waals surface area contributed by atoms with Crippen molar-refractivity contribution >= 4 is 22.6 Å². The first-order valence-corrected chi connectivity index (χ1v) is 7.32. The number of benzene rings is 1. The number of fused-ring (bicyclic) bond motifs is 1. The highest BCUT2D eigenvalue weighted by atomic mass is 35.5. The Bertz CT molecular complexity index is 760. The Hall–Kier alpha value is -1.92. The van der Waals surface area contributed by atoms with Crippen LogP contribution < -0.4 is 5.73 Å². The average molecular weight is 305 g/mol. The number of aromatic nitrogens is 5. The van der Waals surface area contributed by atoms with Gasteiger partial charge in [0.05, 0.1) is 22.9 Å². The minimum atomic E-state index is 0.390. The minimum absolute atomic E-state index is 0.390. The zero-order valence-electron chi connectivity index (χ0n) is 11.8. The maximum absolute atomic E-state index is 6.10. The van der Waals surface area contributed by atoms with Crippen LogP contribution in [-0.2, 0) is 19.6 Å². The fourth-order valence-corrected chi connectivity index (χ4v) is 2.56. The second-order valence-corrected chi connectivity index (χ2v) is 5.36. The molecule has 1 aromatic carbocycles. The molecular weight excluding hydrogens is 288 g/mol. The fourth-order valence-electron chi connectivity index (χ4n) is 2.39. The summed E-state index contributed by atoms with van der Waals surface area (Å²) in [6.45, 7) is 3.99. The molecule has 2 aromatic heterocycles. The second kappa shape index (κ2) is 5.83. The van der Waals surface area contributed by atoms with E-state index in [1.165, 1.54) is 0 Å². The van der Waals surface area contributed by atoms with Gasteiger partial charge in [-0.1, -0.05) is 23.7 Å². The number of imidazole rings is 1. The molecule has 0 aliphatic carbocycles. The minimum Gasteiger partial charge on any atom is -0.326 e. The van der Waals surface area contributed by atoms with Crippen LogP contribution in [0.3, 0.4) is 0 Å². The highest BCUT2D eigenvalue weighted by Gasteiger charge is 2.12. The summed E-state index contributed by atoms with van der Waals surface area (Å²) in [6, 6.07) is 5.76. The van der Waals surface area contributed by atoms with Crippen molar-refractivity contribution in [2.75, 3.05) is 0 Å². The predicted octanol–water partition coefficient (Wildman–Crippen LogP) is 2.20. The molecule has 0 aliphatic heterocycles. The Labute approximate surface area is 127 Å². The van der Waals surface area contributed by atoms with E-state index in [1.807, 2.05) is 24.4 Å². The van der Waals surface area contributed by atoms with Crippen LogP contribution >= 0.6 is 11.6 Å². The molecule has 0 atom stereocenters. The van der Waals surface area contributed by atoms with Crippen molar-refractivity contribution in [3.8, 4) is 0 Å². The molecule has 110 valence electrons. The van der Waals surface area contributed by atoms with Gasteiger partial charge in [0.15, 0.2) is 0 Å². The van der Waals surface area contributed by atoms with Gasteiger partial charge in [-0.25, -0.2) is 9.67 Å². The van der Waals surface area contributed by atoms with Crippen LogP contribution in [0.1, 0.15) is 24.9 Å². The summed E-state index contributed by atoms with van der Waals surface area (Å²) in [4.78, 5) is 4.69. The Kier molecular flexibility index (Phi) is 3.90. The molecule has 0 saturated heterocycles. The average Bonchev–Trinajstić information content (AvgIpc) is 3.05. The molecule has 0 bridgehead atoms. The van der Waals surface area contributed by atoms with Gasteiger partial charge >= 0.3 is 0 Å². The summed E-state index contributed by atoms with van der Waals surface area (Å²) in [7, 11) is 0. The van der Waals surface area contributed by atoms with E-state index >= 15 is 0 Å². The molecule has 21 heavy (non-hydrogen) atoms. The lowest BCUT2D eigenvalue weighted by molar-refractivity contribution is 0.578. The lowest BCUT2D eigenvalue weighted by Crippen LogP contribution is -2.09. The third kappa shape index (κ3) is 2.77. The first-order valence-electron chi connectivity index (χ1n) is 6.95. The van der Waals surface area contributed by atoms with Gasteiger partial charge in [-0.2, -0.15) is 0 Å². The molecule has 0 amide bonds. The largest absolute Gasteiger partial charge is 0.326 e. The van der Waals surface area contributed by atoms with Crippen LogP contribution in [0.4, 0.5) is 0 Å². The van der Waals surface area contributed by atoms with E-state index in [2.05, 4.69) is 26.8 Å². The van der Waals surface area contributed by atoms with Crippen LogP contribution in [0.5, 0.6) is 0 Å². The number of halogens is 1. The van der Waals surface area contributed by atoms with Gasteiger partial charge < -0.3 is 10.3 Å². The van der Waals surface area contributed by atoms with E-state index in [-0.39, 0.29) is 0 Å². The summed E-state index contributed by atoms with van der Waals surface area (Å²) < 4.78 is 3.95.